The van der Waals surface area contributed by atoms with Crippen molar-refractivity contribution in [2.75, 3.05) is 6.61 Å². The molecule has 68 valence electrons. The zero-order chi connectivity index (χ0) is 8.55. The van der Waals surface area contributed by atoms with Crippen LogP contribution in [-0.4, -0.2) is 12.6 Å². The zero-order valence-corrected chi connectivity index (χ0v) is 7.58. The average molecular weight is 168 g/mol. The first kappa shape index (κ1) is 8.09. The normalized spacial score (nSPS) is 38.6. The van der Waals surface area contributed by atoms with E-state index in [0.717, 1.165) is 11.8 Å². The Bertz CT molecular complexity index is 188. The van der Waals surface area contributed by atoms with E-state index >= 15 is 0 Å². The second kappa shape index (κ2) is 3.08. The minimum absolute atomic E-state index is 0.127. The molecule has 2 nitrogen and oxygen atoms in total. The zero-order valence-electron chi connectivity index (χ0n) is 7.58. The predicted molar refractivity (Wildman–Crippen MR) is 45.6 cm³/mol. The summed E-state index contributed by atoms with van der Waals surface area (Å²) in [4.78, 5) is 10.6. The van der Waals surface area contributed by atoms with Crippen LogP contribution in [0.15, 0.2) is 0 Å². The molecule has 2 aliphatic carbocycles. The van der Waals surface area contributed by atoms with Crippen molar-refractivity contribution >= 4 is 5.97 Å². The van der Waals surface area contributed by atoms with Gasteiger partial charge in [-0.3, -0.25) is 4.79 Å². The van der Waals surface area contributed by atoms with Crippen LogP contribution in [0.4, 0.5) is 0 Å². The summed E-state index contributed by atoms with van der Waals surface area (Å²) < 4.78 is 5.04. The minimum atomic E-state index is -0.127. The van der Waals surface area contributed by atoms with Crippen LogP contribution in [0.25, 0.3) is 0 Å². The number of carbonyl (C=O) groups is 1. The molecule has 2 fully saturated rings. The highest BCUT2D eigenvalue weighted by Crippen LogP contribution is 2.48. The van der Waals surface area contributed by atoms with Gasteiger partial charge in [0.25, 0.3) is 0 Å². The van der Waals surface area contributed by atoms with Gasteiger partial charge in [-0.25, -0.2) is 0 Å². The molecule has 0 aromatic rings. The van der Waals surface area contributed by atoms with Crippen LogP contribution in [0.3, 0.4) is 0 Å². The number of esters is 1. The molecule has 0 unspecified atom stereocenters. The van der Waals surface area contributed by atoms with Crippen LogP contribution in [0.5, 0.6) is 0 Å². The van der Waals surface area contributed by atoms with Gasteiger partial charge in [0, 0.05) is 6.92 Å². The van der Waals surface area contributed by atoms with E-state index in [1.165, 1.54) is 32.6 Å². The smallest absolute Gasteiger partial charge is 0.302 e. The van der Waals surface area contributed by atoms with Crippen LogP contribution in [-0.2, 0) is 9.53 Å². The molecule has 0 aromatic heterocycles. The summed E-state index contributed by atoms with van der Waals surface area (Å²) in [6, 6.07) is 0. The Morgan fingerprint density at radius 3 is 2.75 bits per heavy atom. The van der Waals surface area contributed by atoms with Crippen molar-refractivity contribution in [3.8, 4) is 0 Å². The van der Waals surface area contributed by atoms with Crippen molar-refractivity contribution in [2.45, 2.75) is 32.6 Å². The van der Waals surface area contributed by atoms with Crippen LogP contribution in [0.1, 0.15) is 32.6 Å². The second-order valence-corrected chi connectivity index (χ2v) is 4.24. The van der Waals surface area contributed by atoms with Crippen LogP contribution in [0, 0.1) is 17.8 Å². The highest BCUT2D eigenvalue weighted by molar-refractivity contribution is 5.65. The largest absolute Gasteiger partial charge is 0.466 e. The van der Waals surface area contributed by atoms with Crippen molar-refractivity contribution in [1.82, 2.24) is 0 Å². The molecule has 0 N–H and O–H groups in total. The van der Waals surface area contributed by atoms with Gasteiger partial charge in [-0.15, -0.1) is 0 Å². The fourth-order valence-corrected chi connectivity index (χ4v) is 2.80. The van der Waals surface area contributed by atoms with Crippen molar-refractivity contribution in [2.24, 2.45) is 17.8 Å². The molecule has 2 aliphatic rings. The third kappa shape index (κ3) is 1.47. The highest BCUT2D eigenvalue weighted by atomic mass is 16.5. The summed E-state index contributed by atoms with van der Waals surface area (Å²) in [6.07, 6.45) is 5.49. The van der Waals surface area contributed by atoms with E-state index in [9.17, 15) is 4.79 Å². The first-order valence-electron chi connectivity index (χ1n) is 4.89. The standard InChI is InChI=1S/C10H16O2/c1-7(11)12-6-10-5-8-2-3-9(10)4-8/h8-10H,2-6H2,1H3/t8-,9+,10+/m1/s1. The monoisotopic (exact) mass is 168 g/mol. The van der Waals surface area contributed by atoms with Crippen LogP contribution < -0.4 is 0 Å². The molecule has 2 heteroatoms. The maximum absolute atomic E-state index is 10.6. The summed E-state index contributed by atoms with van der Waals surface area (Å²) in [5.74, 6) is 2.38. The van der Waals surface area contributed by atoms with Gasteiger partial charge in [-0.2, -0.15) is 0 Å². The molecule has 0 aliphatic heterocycles. The molecule has 0 heterocycles. The molecular weight excluding hydrogens is 152 g/mol. The lowest BCUT2D eigenvalue weighted by Crippen LogP contribution is -2.18. The lowest BCUT2D eigenvalue weighted by molar-refractivity contribution is -0.142. The summed E-state index contributed by atoms with van der Waals surface area (Å²) >= 11 is 0. The summed E-state index contributed by atoms with van der Waals surface area (Å²) in [5.41, 5.74) is 0. The first-order valence-corrected chi connectivity index (χ1v) is 4.89. The minimum Gasteiger partial charge on any atom is -0.466 e. The lowest BCUT2D eigenvalue weighted by Gasteiger charge is -2.20. The second-order valence-electron chi connectivity index (χ2n) is 4.24. The quantitative estimate of drug-likeness (QED) is 0.589. The van der Waals surface area contributed by atoms with Gasteiger partial charge in [0.05, 0.1) is 6.61 Å². The Labute approximate surface area is 73.3 Å². The SMILES string of the molecule is CC(=O)OC[C@@H]1C[C@@H]2CC[C@H]1C2. The van der Waals surface area contributed by atoms with E-state index in [0.29, 0.717) is 12.5 Å². The Hall–Kier alpha value is -0.530. The predicted octanol–water partition coefficient (Wildman–Crippen LogP) is 1.99. The van der Waals surface area contributed by atoms with E-state index in [1.807, 2.05) is 0 Å². The van der Waals surface area contributed by atoms with E-state index in [1.54, 1.807) is 0 Å². The summed E-state index contributed by atoms with van der Waals surface area (Å²) in [6.45, 7) is 2.17. The molecule has 0 radical (unpaired) electrons. The van der Waals surface area contributed by atoms with Gasteiger partial charge in [0.15, 0.2) is 0 Å². The fraction of sp³-hybridized carbons (Fsp3) is 0.900. The van der Waals surface area contributed by atoms with E-state index in [2.05, 4.69) is 0 Å². The summed E-state index contributed by atoms with van der Waals surface area (Å²) in [5, 5.41) is 0. The number of hydrogen-bond donors (Lipinski definition) is 0. The maximum atomic E-state index is 10.6. The molecular formula is C10H16O2. The lowest BCUT2D eigenvalue weighted by atomic mass is 9.90. The van der Waals surface area contributed by atoms with E-state index < -0.39 is 0 Å². The van der Waals surface area contributed by atoms with Gasteiger partial charge in [-0.1, -0.05) is 6.42 Å². The number of ether oxygens (including phenoxy) is 1. The Morgan fingerprint density at radius 1 is 1.42 bits per heavy atom. The van der Waals surface area contributed by atoms with Crippen molar-refractivity contribution < 1.29 is 9.53 Å². The molecule has 0 spiro atoms. The Kier molecular flexibility index (Phi) is 2.07. The van der Waals surface area contributed by atoms with Crippen molar-refractivity contribution in [3.63, 3.8) is 0 Å². The fourth-order valence-electron chi connectivity index (χ4n) is 2.80. The summed E-state index contributed by atoms with van der Waals surface area (Å²) in [7, 11) is 0. The molecule has 0 aromatic carbocycles. The molecule has 0 amide bonds. The number of hydrogen-bond acceptors (Lipinski definition) is 2. The Morgan fingerprint density at radius 2 is 2.25 bits per heavy atom. The number of rotatable bonds is 2. The Balaban J connectivity index is 1.79. The van der Waals surface area contributed by atoms with Gasteiger partial charge in [-0.05, 0) is 37.0 Å². The van der Waals surface area contributed by atoms with Crippen molar-refractivity contribution in [1.29, 1.82) is 0 Å². The number of carbonyl (C=O) groups excluding carboxylic acids is 1. The third-order valence-electron chi connectivity index (χ3n) is 3.39. The highest BCUT2D eigenvalue weighted by Gasteiger charge is 2.39. The van der Waals surface area contributed by atoms with E-state index in [-0.39, 0.29) is 5.97 Å². The molecule has 3 atom stereocenters. The molecule has 2 saturated carbocycles. The topological polar surface area (TPSA) is 26.3 Å². The van der Waals surface area contributed by atoms with E-state index in [4.69, 9.17) is 4.74 Å². The molecule has 0 saturated heterocycles. The average Bonchev–Trinajstić information content (AvgIpc) is 2.60. The molecule has 12 heavy (non-hydrogen) atoms. The van der Waals surface area contributed by atoms with Gasteiger partial charge >= 0.3 is 5.97 Å². The van der Waals surface area contributed by atoms with Crippen molar-refractivity contribution in [3.05, 3.63) is 0 Å². The first-order chi connectivity index (χ1) is 5.75. The van der Waals surface area contributed by atoms with Gasteiger partial charge < -0.3 is 4.74 Å². The van der Waals surface area contributed by atoms with Gasteiger partial charge in [0.1, 0.15) is 0 Å². The maximum Gasteiger partial charge on any atom is 0.302 e. The number of fused-ring (bicyclic) bond motifs is 2. The van der Waals surface area contributed by atoms with Gasteiger partial charge in [0.2, 0.25) is 0 Å². The van der Waals surface area contributed by atoms with Crippen LogP contribution >= 0.6 is 0 Å². The third-order valence-corrected chi connectivity index (χ3v) is 3.39. The van der Waals surface area contributed by atoms with Crippen LogP contribution in [0.2, 0.25) is 0 Å². The molecule has 2 bridgehead atoms. The molecule has 2 rings (SSSR count).